The van der Waals surface area contributed by atoms with Gasteiger partial charge in [-0.2, -0.15) is 0 Å². The molecule has 0 bridgehead atoms. The maximum Gasteiger partial charge on any atom is 0.191 e. The Balaban J connectivity index is 0.00000576. The van der Waals surface area contributed by atoms with Crippen LogP contribution in [0.1, 0.15) is 57.2 Å². The molecule has 1 rings (SSSR count). The van der Waals surface area contributed by atoms with Crippen LogP contribution in [-0.2, 0) is 0 Å². The predicted octanol–water partition coefficient (Wildman–Crippen LogP) is 4.17. The Kier molecular flexibility index (Phi) is 12.9. The number of hydrogen-bond donors (Lipinski definition) is 3. The lowest BCUT2D eigenvalue weighted by molar-refractivity contribution is 0.253. The van der Waals surface area contributed by atoms with E-state index >= 15 is 0 Å². The summed E-state index contributed by atoms with van der Waals surface area (Å²) in [5, 5.41) is 15.7. The number of aliphatic imine (C=N–C) groups is 1. The minimum Gasteiger partial charge on any atom is -0.396 e. The molecule has 4 nitrogen and oxygen atoms in total. The van der Waals surface area contributed by atoms with Crippen molar-refractivity contribution in [2.75, 3.05) is 19.7 Å². The number of aliphatic hydroxyl groups is 1. The summed E-state index contributed by atoms with van der Waals surface area (Å²) in [5.74, 6) is 0.932. The second-order valence-corrected chi connectivity index (χ2v) is 6.26. The Hall–Kier alpha value is -0.890. The Bertz CT molecular complexity index is 519. The molecule has 0 heterocycles. The van der Waals surface area contributed by atoms with Crippen LogP contribution in [0.3, 0.4) is 0 Å². The topological polar surface area (TPSA) is 56.7 Å². The molecule has 144 valence electrons. The Labute approximate surface area is 168 Å². The molecular weight excluding hydrogens is 432 g/mol. The molecule has 0 saturated heterocycles. The molecule has 0 saturated carbocycles. The van der Waals surface area contributed by atoms with Crippen LogP contribution in [0.5, 0.6) is 0 Å². The normalized spacial score (nSPS) is 13.8. The molecule has 0 spiro atoms. The van der Waals surface area contributed by atoms with Crippen LogP contribution in [-0.4, -0.2) is 30.8 Å². The smallest absolute Gasteiger partial charge is 0.191 e. The number of nitrogens with zero attached hydrogens (tertiary/aromatic N) is 1. The average Bonchev–Trinajstić information content (AvgIpc) is 2.55. The number of aryl methyl sites for hydroxylation is 1. The number of guanidine groups is 1. The molecule has 6 heteroatoms. The number of nitrogens with one attached hydrogen (secondary N) is 2. The second-order valence-electron chi connectivity index (χ2n) is 6.26. The lowest BCUT2D eigenvalue weighted by Crippen LogP contribution is -2.39. The van der Waals surface area contributed by atoms with Gasteiger partial charge in [-0.1, -0.05) is 25.5 Å². The van der Waals surface area contributed by atoms with Gasteiger partial charge >= 0.3 is 0 Å². The van der Waals surface area contributed by atoms with E-state index in [2.05, 4.69) is 22.5 Å². The van der Waals surface area contributed by atoms with E-state index in [1.165, 1.54) is 0 Å². The molecule has 0 aliphatic carbocycles. The van der Waals surface area contributed by atoms with Crippen molar-refractivity contribution in [2.45, 2.75) is 53.0 Å². The molecular formula is C19H33FIN3O. The number of hydrogen-bond acceptors (Lipinski definition) is 2. The van der Waals surface area contributed by atoms with E-state index in [1.54, 1.807) is 19.1 Å². The van der Waals surface area contributed by atoms with Crippen molar-refractivity contribution in [1.82, 2.24) is 10.6 Å². The standard InChI is InChI=1S/C19H32FN3O.HI/c1-5-7-16(10-11-24)13-22-19(21-6-2)23-15(4)17-9-8-14(3)18(20)12-17;/h8-9,12,15-16,24H,5-7,10-11,13H2,1-4H3,(H2,21,22,23);1H. The first-order valence-corrected chi connectivity index (χ1v) is 8.93. The first kappa shape index (κ1) is 24.1. The third-order valence-corrected chi connectivity index (χ3v) is 4.14. The summed E-state index contributed by atoms with van der Waals surface area (Å²) in [5.41, 5.74) is 1.54. The second kappa shape index (κ2) is 13.3. The number of aliphatic hydroxyl groups excluding tert-OH is 1. The fourth-order valence-electron chi connectivity index (χ4n) is 2.63. The van der Waals surface area contributed by atoms with E-state index in [-0.39, 0.29) is 42.4 Å². The number of halogens is 2. The SMILES string of the molecule is CCCC(CCO)CN=C(NCC)NC(C)c1ccc(C)c(F)c1.I. The van der Waals surface area contributed by atoms with Gasteiger partial charge in [0.1, 0.15) is 5.82 Å². The maximum absolute atomic E-state index is 13.8. The number of benzene rings is 1. The highest BCUT2D eigenvalue weighted by Gasteiger charge is 2.11. The van der Waals surface area contributed by atoms with Crippen LogP contribution in [0.4, 0.5) is 4.39 Å². The highest BCUT2D eigenvalue weighted by Crippen LogP contribution is 2.16. The van der Waals surface area contributed by atoms with Gasteiger partial charge < -0.3 is 15.7 Å². The van der Waals surface area contributed by atoms with Crippen molar-refractivity contribution in [3.8, 4) is 0 Å². The van der Waals surface area contributed by atoms with Crippen molar-refractivity contribution in [3.63, 3.8) is 0 Å². The fraction of sp³-hybridized carbons (Fsp3) is 0.632. The molecule has 1 aromatic rings. The van der Waals surface area contributed by atoms with Gasteiger partial charge in [0.2, 0.25) is 0 Å². The van der Waals surface area contributed by atoms with E-state index in [1.807, 2.05) is 19.9 Å². The van der Waals surface area contributed by atoms with Gasteiger partial charge in [-0.15, -0.1) is 24.0 Å². The van der Waals surface area contributed by atoms with Gasteiger partial charge in [-0.05, 0) is 56.7 Å². The van der Waals surface area contributed by atoms with Crippen molar-refractivity contribution in [2.24, 2.45) is 10.9 Å². The van der Waals surface area contributed by atoms with Gasteiger partial charge in [0.15, 0.2) is 5.96 Å². The minimum absolute atomic E-state index is 0. The zero-order chi connectivity index (χ0) is 17.9. The molecule has 2 unspecified atom stereocenters. The van der Waals surface area contributed by atoms with Crippen LogP contribution in [0.15, 0.2) is 23.2 Å². The fourth-order valence-corrected chi connectivity index (χ4v) is 2.63. The Morgan fingerprint density at radius 2 is 2.00 bits per heavy atom. The molecule has 0 aliphatic heterocycles. The van der Waals surface area contributed by atoms with Crippen molar-refractivity contribution in [1.29, 1.82) is 0 Å². The van der Waals surface area contributed by atoms with Gasteiger partial charge in [0, 0.05) is 19.7 Å². The lowest BCUT2D eigenvalue weighted by Gasteiger charge is -2.20. The first-order valence-electron chi connectivity index (χ1n) is 8.93. The zero-order valence-electron chi connectivity index (χ0n) is 15.8. The van der Waals surface area contributed by atoms with E-state index in [0.717, 1.165) is 37.3 Å². The van der Waals surface area contributed by atoms with Gasteiger partial charge in [0.05, 0.1) is 6.04 Å². The zero-order valence-corrected chi connectivity index (χ0v) is 18.1. The Morgan fingerprint density at radius 1 is 1.28 bits per heavy atom. The van der Waals surface area contributed by atoms with E-state index < -0.39 is 0 Å². The van der Waals surface area contributed by atoms with Crippen LogP contribution >= 0.6 is 24.0 Å². The predicted molar refractivity (Wildman–Crippen MR) is 114 cm³/mol. The number of rotatable bonds is 9. The summed E-state index contributed by atoms with van der Waals surface area (Å²) < 4.78 is 13.8. The Morgan fingerprint density at radius 3 is 2.56 bits per heavy atom. The summed E-state index contributed by atoms with van der Waals surface area (Å²) in [7, 11) is 0. The monoisotopic (exact) mass is 465 g/mol. The highest BCUT2D eigenvalue weighted by molar-refractivity contribution is 14.0. The molecule has 1 aromatic carbocycles. The summed E-state index contributed by atoms with van der Waals surface area (Å²) in [6, 6.07) is 5.26. The van der Waals surface area contributed by atoms with E-state index in [4.69, 9.17) is 5.11 Å². The van der Waals surface area contributed by atoms with Gasteiger partial charge in [-0.25, -0.2) is 4.39 Å². The third-order valence-electron chi connectivity index (χ3n) is 4.14. The van der Waals surface area contributed by atoms with E-state index in [0.29, 0.717) is 18.0 Å². The molecule has 25 heavy (non-hydrogen) atoms. The first-order chi connectivity index (χ1) is 11.5. The molecule has 3 N–H and O–H groups in total. The molecule has 0 aromatic heterocycles. The van der Waals surface area contributed by atoms with Crippen molar-refractivity contribution < 1.29 is 9.50 Å². The average molecular weight is 465 g/mol. The van der Waals surface area contributed by atoms with Crippen LogP contribution in [0, 0.1) is 18.7 Å². The minimum atomic E-state index is -0.186. The summed E-state index contributed by atoms with van der Waals surface area (Å²) >= 11 is 0. The molecule has 0 fully saturated rings. The van der Waals surface area contributed by atoms with Crippen LogP contribution < -0.4 is 10.6 Å². The lowest BCUT2D eigenvalue weighted by atomic mass is 10.0. The van der Waals surface area contributed by atoms with Gasteiger partial charge in [-0.3, -0.25) is 4.99 Å². The molecule has 2 atom stereocenters. The van der Waals surface area contributed by atoms with Crippen LogP contribution in [0.25, 0.3) is 0 Å². The van der Waals surface area contributed by atoms with Crippen molar-refractivity contribution >= 4 is 29.9 Å². The summed E-state index contributed by atoms with van der Waals surface area (Å²) in [4.78, 5) is 4.65. The van der Waals surface area contributed by atoms with E-state index in [9.17, 15) is 4.39 Å². The molecule has 0 amide bonds. The van der Waals surface area contributed by atoms with Crippen LogP contribution in [0.2, 0.25) is 0 Å². The van der Waals surface area contributed by atoms with Crippen molar-refractivity contribution in [3.05, 3.63) is 35.1 Å². The highest BCUT2D eigenvalue weighted by atomic mass is 127. The van der Waals surface area contributed by atoms with Gasteiger partial charge in [0.25, 0.3) is 0 Å². The largest absolute Gasteiger partial charge is 0.396 e. The summed E-state index contributed by atoms with van der Waals surface area (Å²) in [6.07, 6.45) is 2.92. The summed E-state index contributed by atoms with van der Waals surface area (Å²) in [6.45, 7) is 9.56. The molecule has 0 radical (unpaired) electrons. The third kappa shape index (κ3) is 8.85. The quantitative estimate of drug-likeness (QED) is 0.292. The molecule has 0 aliphatic rings. The maximum atomic E-state index is 13.8.